The molecule has 0 heterocycles. The highest BCUT2D eigenvalue weighted by Crippen LogP contribution is 2.25. The van der Waals surface area contributed by atoms with Crippen LogP contribution in [0.5, 0.6) is 0 Å². The van der Waals surface area contributed by atoms with Crippen molar-refractivity contribution in [2.45, 2.75) is 38.1 Å². The summed E-state index contributed by atoms with van der Waals surface area (Å²) in [6, 6.07) is 0.560. The molecule has 0 unspecified atom stereocenters. The molecular formula is C10H20ClNO2. The predicted molar refractivity (Wildman–Crippen MR) is 51.5 cm³/mol. The first-order valence-electron chi connectivity index (χ1n) is 5.07. The molecule has 0 aromatic carbocycles. The Morgan fingerprint density at radius 1 is 1.29 bits per heavy atom. The van der Waals surface area contributed by atoms with E-state index in [9.17, 15) is 4.79 Å². The maximum absolute atomic E-state index is 10.6. The quantitative estimate of drug-likeness (QED) is 0.589. The van der Waals surface area contributed by atoms with Gasteiger partial charge >= 0.3 is 5.97 Å². The zero-order valence-corrected chi connectivity index (χ0v) is 9.76. The number of aliphatic carboxylic acids is 1. The number of carbonyl (C=O) groups is 1. The molecular weight excluding hydrogens is 202 g/mol. The molecule has 0 radical (unpaired) electrons. The standard InChI is InChI=1S/C10H19NO2.ClH/c1-11(2,8-10(12)13)9-6-4-3-5-7-9;/h9H,3-8H2,1-2H3;1H. The van der Waals surface area contributed by atoms with Crippen molar-refractivity contribution in [3.05, 3.63) is 0 Å². The summed E-state index contributed by atoms with van der Waals surface area (Å²) >= 11 is 0. The molecule has 0 atom stereocenters. The van der Waals surface area contributed by atoms with E-state index >= 15 is 0 Å². The molecule has 14 heavy (non-hydrogen) atoms. The van der Waals surface area contributed by atoms with Gasteiger partial charge in [0.05, 0.1) is 20.1 Å². The highest BCUT2D eigenvalue weighted by molar-refractivity contribution is 5.67. The summed E-state index contributed by atoms with van der Waals surface area (Å²) in [7, 11) is 4.06. The molecule has 1 N–H and O–H groups in total. The van der Waals surface area contributed by atoms with Crippen LogP contribution in [-0.2, 0) is 4.79 Å². The fraction of sp³-hybridized carbons (Fsp3) is 0.900. The Hall–Kier alpha value is -0.280. The molecule has 0 bridgehead atoms. The van der Waals surface area contributed by atoms with E-state index in [1.54, 1.807) is 0 Å². The third-order valence-corrected chi connectivity index (χ3v) is 3.11. The van der Waals surface area contributed by atoms with Crippen molar-refractivity contribution in [1.29, 1.82) is 0 Å². The summed E-state index contributed by atoms with van der Waals surface area (Å²) in [5.74, 6) is -0.685. The molecule has 0 aromatic rings. The highest BCUT2D eigenvalue weighted by Gasteiger charge is 2.31. The van der Waals surface area contributed by atoms with Gasteiger partial charge in [-0.05, 0) is 25.7 Å². The van der Waals surface area contributed by atoms with Crippen LogP contribution < -0.4 is 12.4 Å². The fourth-order valence-corrected chi connectivity index (χ4v) is 2.26. The Balaban J connectivity index is 0.00000169. The van der Waals surface area contributed by atoms with E-state index in [1.165, 1.54) is 32.1 Å². The number of carboxylic acids is 1. The number of likely N-dealkylation sites (N-methyl/N-ethyl adjacent to an activating group) is 1. The zero-order chi connectivity index (χ0) is 9.90. The van der Waals surface area contributed by atoms with Gasteiger partial charge in [-0.15, -0.1) is 0 Å². The smallest absolute Gasteiger partial charge is 0.359 e. The van der Waals surface area contributed by atoms with E-state index in [1.807, 2.05) is 14.1 Å². The fourth-order valence-electron chi connectivity index (χ4n) is 2.26. The molecule has 3 nitrogen and oxygen atoms in total. The normalized spacial score (nSPS) is 18.7. The number of hydrogen-bond acceptors (Lipinski definition) is 1. The topological polar surface area (TPSA) is 37.3 Å². The number of carboxylic acid groups (broad SMARTS) is 1. The Morgan fingerprint density at radius 2 is 1.79 bits per heavy atom. The van der Waals surface area contributed by atoms with Crippen molar-refractivity contribution < 1.29 is 26.8 Å². The molecule has 84 valence electrons. The minimum Gasteiger partial charge on any atom is -1.00 e. The van der Waals surface area contributed by atoms with Crippen LogP contribution in [0.4, 0.5) is 0 Å². The van der Waals surface area contributed by atoms with Crippen LogP contribution in [-0.4, -0.2) is 42.2 Å². The Labute approximate surface area is 92.1 Å². The van der Waals surface area contributed by atoms with Gasteiger partial charge in [-0.25, -0.2) is 4.79 Å². The summed E-state index contributed by atoms with van der Waals surface area (Å²) in [4.78, 5) is 10.6. The average molecular weight is 222 g/mol. The number of nitrogens with zero attached hydrogens (tertiary/aromatic N) is 1. The predicted octanol–water partition coefficient (Wildman–Crippen LogP) is -1.52. The van der Waals surface area contributed by atoms with Gasteiger partial charge in [0.15, 0.2) is 6.54 Å². The van der Waals surface area contributed by atoms with Crippen molar-refractivity contribution in [3.8, 4) is 0 Å². The average Bonchev–Trinajstić information content (AvgIpc) is 2.04. The van der Waals surface area contributed by atoms with Gasteiger partial charge in [0, 0.05) is 0 Å². The molecule has 4 heteroatoms. The van der Waals surface area contributed by atoms with E-state index in [0.717, 1.165) is 0 Å². The van der Waals surface area contributed by atoms with Crippen LogP contribution in [0.1, 0.15) is 32.1 Å². The molecule has 1 fully saturated rings. The minimum absolute atomic E-state index is 0. The summed E-state index contributed by atoms with van der Waals surface area (Å²) in [5.41, 5.74) is 0. The summed E-state index contributed by atoms with van der Waals surface area (Å²) < 4.78 is 0.648. The van der Waals surface area contributed by atoms with Crippen LogP contribution in [0.25, 0.3) is 0 Å². The first-order valence-corrected chi connectivity index (χ1v) is 5.07. The summed E-state index contributed by atoms with van der Waals surface area (Å²) in [6.45, 7) is 0.255. The van der Waals surface area contributed by atoms with Crippen LogP contribution >= 0.6 is 0 Å². The maximum atomic E-state index is 10.6. The maximum Gasteiger partial charge on any atom is 0.359 e. The second-order valence-electron chi connectivity index (χ2n) is 4.62. The molecule has 1 saturated carbocycles. The van der Waals surface area contributed by atoms with Gasteiger partial charge in [0.2, 0.25) is 0 Å². The number of halogens is 1. The monoisotopic (exact) mass is 221 g/mol. The van der Waals surface area contributed by atoms with Crippen LogP contribution in [0.3, 0.4) is 0 Å². The lowest BCUT2D eigenvalue weighted by Crippen LogP contribution is -3.00. The molecule has 0 aliphatic heterocycles. The van der Waals surface area contributed by atoms with Gasteiger partial charge < -0.3 is 22.0 Å². The Morgan fingerprint density at radius 3 is 2.21 bits per heavy atom. The van der Waals surface area contributed by atoms with E-state index in [2.05, 4.69) is 0 Å². The first-order chi connectivity index (χ1) is 6.02. The van der Waals surface area contributed by atoms with Gasteiger partial charge in [-0.2, -0.15) is 0 Å². The second kappa shape index (κ2) is 5.56. The van der Waals surface area contributed by atoms with Crippen LogP contribution in [0, 0.1) is 0 Å². The van der Waals surface area contributed by atoms with Gasteiger partial charge in [0.25, 0.3) is 0 Å². The number of hydrogen-bond donors (Lipinski definition) is 1. The molecule has 1 aliphatic rings. The Bertz CT molecular complexity index is 189. The molecule has 0 spiro atoms. The first kappa shape index (κ1) is 13.7. The molecule has 0 amide bonds. The van der Waals surface area contributed by atoms with Gasteiger partial charge in [-0.3, -0.25) is 0 Å². The lowest BCUT2D eigenvalue weighted by molar-refractivity contribution is -0.909. The molecule has 0 saturated heterocycles. The largest absolute Gasteiger partial charge is 1.00 e. The minimum atomic E-state index is -0.685. The van der Waals surface area contributed by atoms with E-state index < -0.39 is 5.97 Å². The molecule has 0 aromatic heterocycles. The van der Waals surface area contributed by atoms with Crippen molar-refractivity contribution >= 4 is 5.97 Å². The van der Waals surface area contributed by atoms with Crippen LogP contribution in [0.15, 0.2) is 0 Å². The van der Waals surface area contributed by atoms with Crippen LogP contribution in [0.2, 0.25) is 0 Å². The zero-order valence-electron chi connectivity index (χ0n) is 9.00. The number of quaternary nitrogens is 1. The molecule has 1 aliphatic carbocycles. The van der Waals surface area contributed by atoms with Crippen molar-refractivity contribution in [1.82, 2.24) is 0 Å². The van der Waals surface area contributed by atoms with Crippen molar-refractivity contribution in [2.75, 3.05) is 20.6 Å². The lowest BCUT2D eigenvalue weighted by Gasteiger charge is -2.38. The number of rotatable bonds is 3. The van der Waals surface area contributed by atoms with Crippen molar-refractivity contribution in [2.24, 2.45) is 0 Å². The van der Waals surface area contributed by atoms with E-state index in [4.69, 9.17) is 5.11 Å². The lowest BCUT2D eigenvalue weighted by atomic mass is 9.93. The van der Waals surface area contributed by atoms with E-state index in [0.29, 0.717) is 10.5 Å². The summed E-state index contributed by atoms with van der Waals surface area (Å²) in [5, 5.41) is 8.76. The van der Waals surface area contributed by atoms with Gasteiger partial charge in [0.1, 0.15) is 0 Å². The SMILES string of the molecule is C[N+](C)(CC(=O)O)C1CCCCC1.[Cl-]. The third kappa shape index (κ3) is 3.84. The second-order valence-corrected chi connectivity index (χ2v) is 4.62. The van der Waals surface area contributed by atoms with E-state index in [-0.39, 0.29) is 19.0 Å². The summed E-state index contributed by atoms with van der Waals surface area (Å²) in [6.07, 6.45) is 6.25. The Kier molecular flexibility index (Phi) is 5.45. The van der Waals surface area contributed by atoms with Gasteiger partial charge in [-0.1, -0.05) is 6.42 Å². The third-order valence-electron chi connectivity index (χ3n) is 3.11. The highest BCUT2D eigenvalue weighted by atomic mass is 35.5. The van der Waals surface area contributed by atoms with Crippen molar-refractivity contribution in [3.63, 3.8) is 0 Å². The molecule has 1 rings (SSSR count).